The van der Waals surface area contributed by atoms with Gasteiger partial charge in [0.05, 0.1) is 5.69 Å². The summed E-state index contributed by atoms with van der Waals surface area (Å²) in [5.41, 5.74) is 7.66. The van der Waals surface area contributed by atoms with Crippen LogP contribution in [0.1, 0.15) is 18.3 Å². The molecule has 6 nitrogen and oxygen atoms in total. The van der Waals surface area contributed by atoms with Crippen LogP contribution < -0.4 is 5.73 Å². The Morgan fingerprint density at radius 3 is 3.00 bits per heavy atom. The van der Waals surface area contributed by atoms with Crippen molar-refractivity contribution in [2.24, 2.45) is 0 Å². The number of hydrogen-bond acceptors (Lipinski definition) is 5. The van der Waals surface area contributed by atoms with Crippen LogP contribution >= 0.6 is 11.8 Å². The number of rotatable bonds is 4. The molecule has 0 atom stereocenters. The van der Waals surface area contributed by atoms with Crippen molar-refractivity contribution in [3.63, 3.8) is 0 Å². The van der Waals surface area contributed by atoms with Crippen LogP contribution in [0.3, 0.4) is 0 Å². The van der Waals surface area contributed by atoms with E-state index in [1.54, 1.807) is 11.8 Å². The molecule has 2 heterocycles. The Bertz CT molecular complexity index is 474. The quantitative estimate of drug-likeness (QED) is 0.782. The topological polar surface area (TPSA) is 85.4 Å². The summed E-state index contributed by atoms with van der Waals surface area (Å²) in [5, 5.41) is 11.6. The molecule has 0 saturated heterocycles. The van der Waals surface area contributed by atoms with Crippen LogP contribution in [0.2, 0.25) is 0 Å². The Balaban J connectivity index is 2.04. The van der Waals surface area contributed by atoms with Crippen LogP contribution in [0.25, 0.3) is 0 Å². The van der Waals surface area contributed by atoms with Crippen molar-refractivity contribution in [1.82, 2.24) is 25.0 Å². The summed E-state index contributed by atoms with van der Waals surface area (Å²) in [6.07, 6.45) is 0. The molecule has 0 aliphatic rings. The summed E-state index contributed by atoms with van der Waals surface area (Å²) in [4.78, 5) is 4.03. The van der Waals surface area contributed by atoms with Gasteiger partial charge in [0.15, 0.2) is 0 Å². The Labute approximate surface area is 97.6 Å². The van der Waals surface area contributed by atoms with Crippen molar-refractivity contribution in [3.05, 3.63) is 17.5 Å². The molecule has 0 amide bonds. The Hall–Kier alpha value is -1.50. The third kappa shape index (κ3) is 2.35. The molecule has 0 fully saturated rings. The second kappa shape index (κ2) is 4.56. The fourth-order valence-electron chi connectivity index (χ4n) is 1.45. The molecule has 86 valence electrons. The molecule has 0 saturated carbocycles. The lowest BCUT2D eigenvalue weighted by Crippen LogP contribution is -2.01. The van der Waals surface area contributed by atoms with E-state index in [1.165, 1.54) is 5.69 Å². The molecular weight excluding hydrogens is 224 g/mol. The number of aromatic amines is 1. The molecule has 0 unspecified atom stereocenters. The van der Waals surface area contributed by atoms with Gasteiger partial charge in [-0.3, -0.25) is 4.68 Å². The highest BCUT2D eigenvalue weighted by molar-refractivity contribution is 7.98. The fraction of sp³-hybridized carbons (Fsp3) is 0.444. The standard InChI is InChI=1S/C9H14N6S/c1-3-15-7(4-6(2)14-15)5-16-9-11-8(10)12-13-9/h4H,3,5H2,1-2H3,(H3,10,11,12,13). The third-order valence-electron chi connectivity index (χ3n) is 2.12. The van der Waals surface area contributed by atoms with Gasteiger partial charge in [-0.1, -0.05) is 11.8 Å². The number of aryl methyl sites for hydroxylation is 2. The first-order valence-corrected chi connectivity index (χ1v) is 6.01. The minimum Gasteiger partial charge on any atom is -0.368 e. The minimum atomic E-state index is 0.350. The zero-order valence-corrected chi connectivity index (χ0v) is 10.1. The Morgan fingerprint density at radius 2 is 2.38 bits per heavy atom. The van der Waals surface area contributed by atoms with Crippen LogP contribution in [0.15, 0.2) is 11.2 Å². The average Bonchev–Trinajstić information content (AvgIpc) is 2.81. The van der Waals surface area contributed by atoms with Gasteiger partial charge in [-0.05, 0) is 19.9 Å². The van der Waals surface area contributed by atoms with E-state index in [-0.39, 0.29) is 0 Å². The molecule has 0 spiro atoms. The predicted octanol–water partition coefficient (Wildman–Crippen LogP) is 1.20. The largest absolute Gasteiger partial charge is 0.368 e. The van der Waals surface area contributed by atoms with E-state index < -0.39 is 0 Å². The summed E-state index contributed by atoms with van der Waals surface area (Å²) < 4.78 is 1.98. The highest BCUT2D eigenvalue weighted by Gasteiger charge is 2.07. The summed E-state index contributed by atoms with van der Waals surface area (Å²) in [6, 6.07) is 2.08. The van der Waals surface area contributed by atoms with Crippen molar-refractivity contribution >= 4 is 17.7 Å². The first-order chi connectivity index (χ1) is 7.69. The molecule has 0 aliphatic heterocycles. The smallest absolute Gasteiger partial charge is 0.216 e. The first kappa shape index (κ1) is 11.0. The second-order valence-corrected chi connectivity index (χ2v) is 4.33. The van der Waals surface area contributed by atoms with Gasteiger partial charge < -0.3 is 5.73 Å². The van der Waals surface area contributed by atoms with Gasteiger partial charge in [-0.25, -0.2) is 5.10 Å². The predicted molar refractivity (Wildman–Crippen MR) is 63.0 cm³/mol. The summed E-state index contributed by atoms with van der Waals surface area (Å²) in [6.45, 7) is 4.94. The number of aromatic nitrogens is 5. The van der Waals surface area contributed by atoms with Gasteiger partial charge in [0.2, 0.25) is 11.1 Å². The van der Waals surface area contributed by atoms with E-state index >= 15 is 0 Å². The molecule has 2 aromatic heterocycles. The Morgan fingerprint density at radius 1 is 1.56 bits per heavy atom. The second-order valence-electron chi connectivity index (χ2n) is 3.38. The molecule has 0 aliphatic carbocycles. The van der Waals surface area contributed by atoms with Gasteiger partial charge in [0, 0.05) is 18.0 Å². The van der Waals surface area contributed by atoms with Gasteiger partial charge >= 0.3 is 0 Å². The SMILES string of the molecule is CCn1nc(C)cc1CSc1n[nH]c(N)n1. The van der Waals surface area contributed by atoms with E-state index in [1.807, 2.05) is 11.6 Å². The van der Waals surface area contributed by atoms with Crippen molar-refractivity contribution in [2.45, 2.75) is 31.3 Å². The van der Waals surface area contributed by atoms with E-state index in [4.69, 9.17) is 5.73 Å². The zero-order valence-electron chi connectivity index (χ0n) is 9.27. The van der Waals surface area contributed by atoms with Gasteiger partial charge in [-0.15, -0.1) is 5.10 Å². The first-order valence-electron chi connectivity index (χ1n) is 5.03. The lowest BCUT2D eigenvalue weighted by molar-refractivity contribution is 0.631. The Kier molecular flexibility index (Phi) is 3.14. The van der Waals surface area contributed by atoms with E-state index in [2.05, 4.69) is 33.3 Å². The number of nitrogens with zero attached hydrogens (tertiary/aromatic N) is 4. The molecule has 0 radical (unpaired) electrons. The maximum atomic E-state index is 5.45. The van der Waals surface area contributed by atoms with Crippen molar-refractivity contribution in [1.29, 1.82) is 0 Å². The molecule has 3 N–H and O–H groups in total. The van der Waals surface area contributed by atoms with Crippen LogP contribution in [0.5, 0.6) is 0 Å². The number of thioether (sulfide) groups is 1. The van der Waals surface area contributed by atoms with E-state index in [0.717, 1.165) is 18.0 Å². The normalized spacial score (nSPS) is 10.9. The molecule has 16 heavy (non-hydrogen) atoms. The van der Waals surface area contributed by atoms with Crippen LogP contribution in [-0.4, -0.2) is 25.0 Å². The summed E-state index contributed by atoms with van der Waals surface area (Å²) in [7, 11) is 0. The van der Waals surface area contributed by atoms with E-state index in [9.17, 15) is 0 Å². The van der Waals surface area contributed by atoms with Gasteiger partial charge in [-0.2, -0.15) is 10.1 Å². The van der Waals surface area contributed by atoms with Crippen LogP contribution in [0.4, 0.5) is 5.95 Å². The molecule has 2 rings (SSSR count). The highest BCUT2D eigenvalue weighted by atomic mass is 32.2. The number of nitrogens with two attached hydrogens (primary N) is 1. The number of hydrogen-bond donors (Lipinski definition) is 2. The van der Waals surface area contributed by atoms with E-state index in [0.29, 0.717) is 11.1 Å². The lowest BCUT2D eigenvalue weighted by atomic mass is 10.4. The monoisotopic (exact) mass is 238 g/mol. The molecule has 0 bridgehead atoms. The maximum absolute atomic E-state index is 5.45. The number of nitrogens with one attached hydrogen (secondary N) is 1. The molecular formula is C9H14N6S. The number of nitrogen functional groups attached to an aromatic ring is 1. The number of H-pyrrole nitrogens is 1. The maximum Gasteiger partial charge on any atom is 0.216 e. The van der Waals surface area contributed by atoms with Gasteiger partial charge in [0.1, 0.15) is 0 Å². The fourth-order valence-corrected chi connectivity index (χ4v) is 2.23. The van der Waals surface area contributed by atoms with Gasteiger partial charge in [0.25, 0.3) is 0 Å². The molecule has 7 heteroatoms. The van der Waals surface area contributed by atoms with Crippen molar-refractivity contribution < 1.29 is 0 Å². The number of anilines is 1. The highest BCUT2D eigenvalue weighted by Crippen LogP contribution is 2.19. The zero-order chi connectivity index (χ0) is 11.5. The summed E-state index contributed by atoms with van der Waals surface area (Å²) >= 11 is 1.54. The average molecular weight is 238 g/mol. The molecule has 0 aromatic carbocycles. The van der Waals surface area contributed by atoms with Crippen LogP contribution in [-0.2, 0) is 12.3 Å². The molecule has 2 aromatic rings. The summed E-state index contributed by atoms with van der Waals surface area (Å²) in [5.74, 6) is 1.15. The third-order valence-corrected chi connectivity index (χ3v) is 3.00. The van der Waals surface area contributed by atoms with Crippen molar-refractivity contribution in [3.8, 4) is 0 Å². The van der Waals surface area contributed by atoms with Crippen LogP contribution in [0, 0.1) is 6.92 Å². The lowest BCUT2D eigenvalue weighted by Gasteiger charge is -2.01. The van der Waals surface area contributed by atoms with Crippen molar-refractivity contribution in [2.75, 3.05) is 5.73 Å². The minimum absolute atomic E-state index is 0.350.